The summed E-state index contributed by atoms with van der Waals surface area (Å²) in [5.41, 5.74) is 7.01. The Morgan fingerprint density at radius 3 is 2.68 bits per heavy atom. The first-order valence-corrected chi connectivity index (χ1v) is 12.5. The van der Waals surface area contributed by atoms with Gasteiger partial charge in [-0.2, -0.15) is 0 Å². The lowest BCUT2D eigenvalue weighted by Gasteiger charge is -2.33. The maximum Gasteiger partial charge on any atom is 0.223 e. The lowest BCUT2D eigenvalue weighted by atomic mass is 9.95. The van der Waals surface area contributed by atoms with Crippen molar-refractivity contribution in [1.82, 2.24) is 14.9 Å². The Hall–Kier alpha value is -3.06. The third-order valence-electron chi connectivity index (χ3n) is 7.61. The van der Waals surface area contributed by atoms with Crippen molar-refractivity contribution in [2.45, 2.75) is 45.6 Å². The molecule has 2 aromatic carbocycles. The van der Waals surface area contributed by atoms with Gasteiger partial charge in [-0.1, -0.05) is 0 Å². The van der Waals surface area contributed by atoms with Gasteiger partial charge in [-0.05, 0) is 80.1 Å². The van der Waals surface area contributed by atoms with Crippen molar-refractivity contribution in [2.24, 2.45) is 5.92 Å². The van der Waals surface area contributed by atoms with Crippen molar-refractivity contribution < 1.29 is 14.3 Å². The Kier molecular flexibility index (Phi) is 5.44. The lowest BCUT2D eigenvalue weighted by Crippen LogP contribution is -2.44. The van der Waals surface area contributed by atoms with Crippen molar-refractivity contribution in [1.29, 1.82) is 0 Å². The summed E-state index contributed by atoms with van der Waals surface area (Å²) in [6.07, 6.45) is 3.52. The van der Waals surface area contributed by atoms with Crippen LogP contribution in [0.2, 0.25) is 0 Å². The topological polar surface area (TPSA) is 68.6 Å². The van der Waals surface area contributed by atoms with Crippen molar-refractivity contribution in [3.05, 3.63) is 47.0 Å². The zero-order chi connectivity index (χ0) is 23.2. The van der Waals surface area contributed by atoms with E-state index in [0.717, 1.165) is 80.4 Å². The summed E-state index contributed by atoms with van der Waals surface area (Å²) in [4.78, 5) is 20.2. The highest BCUT2D eigenvalue weighted by atomic mass is 16.5. The van der Waals surface area contributed by atoms with E-state index >= 15 is 0 Å². The summed E-state index contributed by atoms with van der Waals surface area (Å²) in [6.45, 7) is 8.05. The standard InChI is InChI=1S/C27H32N4O3/c1-17-13-23-24(14-18(17)2)31(22-3-4-25-20(15-22)7-12-34-25)27(29-23)30-9-5-19(6-10-30)26(32)28-21-8-11-33-16-21/h3-4,13-15,19,21H,5-12,16H2,1-2H3,(H,28,32). The van der Waals surface area contributed by atoms with Gasteiger partial charge in [-0.15, -0.1) is 0 Å². The number of rotatable bonds is 4. The van der Waals surface area contributed by atoms with E-state index in [1.165, 1.54) is 16.7 Å². The molecule has 0 aliphatic carbocycles. The number of anilines is 1. The van der Waals surface area contributed by atoms with Gasteiger partial charge in [0.05, 0.1) is 30.3 Å². The van der Waals surface area contributed by atoms with Crippen LogP contribution in [0.3, 0.4) is 0 Å². The van der Waals surface area contributed by atoms with Gasteiger partial charge in [-0.3, -0.25) is 9.36 Å². The molecular weight excluding hydrogens is 428 g/mol. The number of nitrogens with one attached hydrogen (secondary N) is 1. The fraction of sp³-hybridized carbons (Fsp3) is 0.481. The minimum absolute atomic E-state index is 0.0521. The molecule has 1 N–H and O–H groups in total. The molecule has 6 rings (SSSR count). The van der Waals surface area contributed by atoms with Crippen LogP contribution >= 0.6 is 0 Å². The first-order valence-electron chi connectivity index (χ1n) is 12.5. The van der Waals surface area contributed by atoms with Gasteiger partial charge in [0.2, 0.25) is 11.9 Å². The number of ether oxygens (including phenoxy) is 2. The highest BCUT2D eigenvalue weighted by Gasteiger charge is 2.30. The molecule has 34 heavy (non-hydrogen) atoms. The van der Waals surface area contributed by atoms with Crippen LogP contribution in [0.1, 0.15) is 36.0 Å². The van der Waals surface area contributed by atoms with E-state index in [2.05, 4.69) is 59.0 Å². The van der Waals surface area contributed by atoms with Crippen LogP contribution in [-0.4, -0.2) is 54.4 Å². The Balaban J connectivity index is 1.30. The number of aromatic nitrogens is 2. The fourth-order valence-electron chi connectivity index (χ4n) is 5.41. The van der Waals surface area contributed by atoms with E-state index < -0.39 is 0 Å². The predicted molar refractivity (Wildman–Crippen MR) is 132 cm³/mol. The van der Waals surface area contributed by atoms with Crippen LogP contribution < -0.4 is 15.0 Å². The molecule has 2 saturated heterocycles. The number of hydrogen-bond donors (Lipinski definition) is 1. The van der Waals surface area contributed by atoms with E-state index in [1.807, 2.05) is 0 Å². The molecule has 3 aliphatic rings. The first-order chi connectivity index (χ1) is 16.6. The molecule has 7 nitrogen and oxygen atoms in total. The van der Waals surface area contributed by atoms with Crippen LogP contribution in [0, 0.1) is 19.8 Å². The highest BCUT2D eigenvalue weighted by molar-refractivity contribution is 5.83. The van der Waals surface area contributed by atoms with Crippen molar-refractivity contribution in [3.8, 4) is 11.4 Å². The molecule has 0 radical (unpaired) electrons. The summed E-state index contributed by atoms with van der Waals surface area (Å²) >= 11 is 0. The van der Waals surface area contributed by atoms with Crippen molar-refractivity contribution in [3.63, 3.8) is 0 Å². The number of nitrogens with zero attached hydrogens (tertiary/aromatic N) is 3. The second-order valence-corrected chi connectivity index (χ2v) is 9.89. The third-order valence-corrected chi connectivity index (χ3v) is 7.61. The number of imidazole rings is 1. The highest BCUT2D eigenvalue weighted by Crippen LogP contribution is 2.34. The zero-order valence-electron chi connectivity index (χ0n) is 20.0. The van der Waals surface area contributed by atoms with Gasteiger partial charge < -0.3 is 19.7 Å². The fourth-order valence-corrected chi connectivity index (χ4v) is 5.41. The van der Waals surface area contributed by atoms with Gasteiger partial charge in [0.15, 0.2) is 0 Å². The van der Waals surface area contributed by atoms with Gasteiger partial charge in [-0.25, -0.2) is 4.98 Å². The molecule has 1 unspecified atom stereocenters. The summed E-state index contributed by atoms with van der Waals surface area (Å²) in [6, 6.07) is 11.1. The predicted octanol–water partition coefficient (Wildman–Crippen LogP) is 3.70. The maximum absolute atomic E-state index is 12.8. The lowest BCUT2D eigenvalue weighted by molar-refractivity contribution is -0.126. The molecule has 1 aromatic heterocycles. The van der Waals surface area contributed by atoms with E-state index in [1.54, 1.807) is 0 Å². The minimum atomic E-state index is 0.0521. The smallest absolute Gasteiger partial charge is 0.223 e. The van der Waals surface area contributed by atoms with Gasteiger partial charge >= 0.3 is 0 Å². The summed E-state index contributed by atoms with van der Waals surface area (Å²) in [7, 11) is 0. The second kappa shape index (κ2) is 8.62. The number of carbonyl (C=O) groups excluding carboxylic acids is 1. The van der Waals surface area contributed by atoms with E-state index in [0.29, 0.717) is 6.61 Å². The Bertz CT molecular complexity index is 1240. The van der Waals surface area contributed by atoms with Crippen LogP contribution in [0.5, 0.6) is 5.75 Å². The molecular formula is C27H32N4O3. The number of hydrogen-bond acceptors (Lipinski definition) is 5. The Labute approximate surface area is 200 Å². The van der Waals surface area contributed by atoms with Crippen LogP contribution in [0.25, 0.3) is 16.7 Å². The molecule has 0 spiro atoms. The Morgan fingerprint density at radius 2 is 1.88 bits per heavy atom. The number of carbonyl (C=O) groups is 1. The third kappa shape index (κ3) is 3.82. The van der Waals surface area contributed by atoms with Crippen molar-refractivity contribution >= 4 is 22.9 Å². The first kappa shape index (κ1) is 21.5. The number of amides is 1. The van der Waals surface area contributed by atoms with E-state index in [9.17, 15) is 4.79 Å². The van der Waals surface area contributed by atoms with Gasteiger partial charge in [0, 0.05) is 37.7 Å². The monoisotopic (exact) mass is 460 g/mol. The number of fused-ring (bicyclic) bond motifs is 2. The summed E-state index contributed by atoms with van der Waals surface area (Å²) in [5, 5.41) is 3.18. The van der Waals surface area contributed by atoms with Gasteiger partial charge in [0.25, 0.3) is 0 Å². The Morgan fingerprint density at radius 1 is 1.06 bits per heavy atom. The van der Waals surface area contributed by atoms with Gasteiger partial charge in [0.1, 0.15) is 5.75 Å². The average Bonchev–Trinajstić information content (AvgIpc) is 3.59. The summed E-state index contributed by atoms with van der Waals surface area (Å²) < 4.78 is 13.4. The quantitative estimate of drug-likeness (QED) is 0.643. The molecule has 0 bridgehead atoms. The molecule has 1 amide bonds. The van der Waals surface area contributed by atoms with Crippen molar-refractivity contribution in [2.75, 3.05) is 37.8 Å². The molecule has 3 aromatic rings. The zero-order valence-corrected chi connectivity index (χ0v) is 20.0. The molecule has 0 saturated carbocycles. The molecule has 3 aliphatic heterocycles. The minimum Gasteiger partial charge on any atom is -0.493 e. The average molecular weight is 461 g/mol. The van der Waals surface area contributed by atoms with E-state index in [-0.39, 0.29) is 17.9 Å². The van der Waals surface area contributed by atoms with Crippen LogP contribution in [0.15, 0.2) is 30.3 Å². The van der Waals surface area contributed by atoms with E-state index in [4.69, 9.17) is 14.5 Å². The molecule has 2 fully saturated rings. The van der Waals surface area contributed by atoms with Crippen LogP contribution in [-0.2, 0) is 16.0 Å². The number of aryl methyl sites for hydroxylation is 2. The number of benzene rings is 2. The van der Waals surface area contributed by atoms with Crippen LogP contribution in [0.4, 0.5) is 5.95 Å². The largest absolute Gasteiger partial charge is 0.493 e. The maximum atomic E-state index is 12.8. The second-order valence-electron chi connectivity index (χ2n) is 9.89. The SMILES string of the molecule is Cc1cc2nc(N3CCC(C(=O)NC4CCOC4)CC3)n(-c3ccc4c(c3)CCO4)c2cc1C. The normalized spacial score (nSPS) is 20.5. The molecule has 178 valence electrons. The molecule has 4 heterocycles. The molecule has 1 atom stereocenters. The number of piperidine rings is 1. The summed E-state index contributed by atoms with van der Waals surface area (Å²) in [5.74, 6) is 2.17. The molecule has 7 heteroatoms.